The predicted octanol–water partition coefficient (Wildman–Crippen LogP) is 1.96. The molecule has 0 spiro atoms. The zero-order valence-corrected chi connectivity index (χ0v) is 13.8. The van der Waals surface area contributed by atoms with Gasteiger partial charge in [0, 0.05) is 20.9 Å². The number of aromatic nitrogens is 2. The van der Waals surface area contributed by atoms with Crippen molar-refractivity contribution in [3.63, 3.8) is 0 Å². The van der Waals surface area contributed by atoms with Crippen molar-refractivity contribution in [2.45, 2.75) is 44.2 Å². The van der Waals surface area contributed by atoms with E-state index in [0.717, 1.165) is 11.8 Å². The summed E-state index contributed by atoms with van der Waals surface area (Å²) in [5.74, 6) is 0.789. The average Bonchev–Trinajstić information content (AvgIpc) is 2.28. The topological polar surface area (TPSA) is 64.1 Å². The molecular weight excluding hydrogens is 280 g/mol. The van der Waals surface area contributed by atoms with Crippen molar-refractivity contribution in [1.82, 2.24) is 9.55 Å². The Kier molecular flexibility index (Phi) is 6.09. The number of aromatic amines is 1. The quantitative estimate of drug-likeness (QED) is 0.475. The van der Waals surface area contributed by atoms with Gasteiger partial charge >= 0.3 is 5.69 Å². The van der Waals surface area contributed by atoms with E-state index in [2.05, 4.69) is 24.6 Å². The molecule has 0 aliphatic heterocycles. The third-order valence-corrected chi connectivity index (χ3v) is 5.10. The second-order valence-corrected chi connectivity index (χ2v) is 12.4. The minimum atomic E-state index is -1.12. The van der Waals surface area contributed by atoms with Crippen LogP contribution in [-0.4, -0.2) is 30.0 Å². The Labute approximate surface area is 118 Å². The molecule has 0 amide bonds. The number of nitrogens with one attached hydrogen (secondary N) is 1. The molecule has 0 saturated carbocycles. The fourth-order valence-corrected chi connectivity index (χ4v) is 2.84. The maximum absolute atomic E-state index is 11.6. The largest absolute Gasteiger partial charge is 0.361 e. The van der Waals surface area contributed by atoms with Gasteiger partial charge in [0.15, 0.2) is 0 Å². The second-order valence-electron chi connectivity index (χ2n) is 5.50. The molecule has 1 rings (SSSR count). The molecule has 1 aromatic heterocycles. The van der Waals surface area contributed by atoms with E-state index in [1.54, 1.807) is 6.20 Å². The van der Waals surface area contributed by atoms with E-state index in [0.29, 0.717) is 11.5 Å². The molecule has 0 fully saturated rings. The lowest BCUT2D eigenvalue weighted by Gasteiger charge is -2.15. The molecule has 0 aromatic carbocycles. The molecule has 1 N–H and O–H groups in total. The Balaban J connectivity index is 2.65. The SMILES string of the molecule is CCSc1cn(COCC[Si](C)(C)C)c(=O)[nH]c1=O. The summed E-state index contributed by atoms with van der Waals surface area (Å²) < 4.78 is 6.92. The molecule has 0 radical (unpaired) electrons. The van der Waals surface area contributed by atoms with Crippen molar-refractivity contribution >= 4 is 19.8 Å². The van der Waals surface area contributed by atoms with Gasteiger partial charge in [-0.15, -0.1) is 11.8 Å². The zero-order chi connectivity index (χ0) is 14.5. The van der Waals surface area contributed by atoms with E-state index in [9.17, 15) is 9.59 Å². The van der Waals surface area contributed by atoms with E-state index in [4.69, 9.17) is 4.74 Å². The molecule has 0 bridgehead atoms. The monoisotopic (exact) mass is 302 g/mol. The first kappa shape index (κ1) is 16.3. The molecule has 7 heteroatoms. The van der Waals surface area contributed by atoms with Gasteiger partial charge in [0.05, 0.1) is 4.90 Å². The Morgan fingerprint density at radius 2 is 2.05 bits per heavy atom. The first-order valence-electron chi connectivity index (χ1n) is 6.38. The molecule has 0 aliphatic rings. The minimum Gasteiger partial charge on any atom is -0.361 e. The number of ether oxygens (including phenoxy) is 1. The van der Waals surface area contributed by atoms with Crippen molar-refractivity contribution in [2.75, 3.05) is 12.4 Å². The van der Waals surface area contributed by atoms with Gasteiger partial charge in [-0.3, -0.25) is 14.3 Å². The van der Waals surface area contributed by atoms with Gasteiger partial charge in [0.1, 0.15) is 6.73 Å². The normalized spacial score (nSPS) is 11.8. The number of hydrogen-bond acceptors (Lipinski definition) is 4. The van der Waals surface area contributed by atoms with Crippen molar-refractivity contribution in [2.24, 2.45) is 0 Å². The third kappa shape index (κ3) is 5.79. The van der Waals surface area contributed by atoms with Crippen LogP contribution < -0.4 is 11.2 Å². The first-order valence-corrected chi connectivity index (χ1v) is 11.1. The van der Waals surface area contributed by atoms with E-state index < -0.39 is 13.8 Å². The molecule has 108 valence electrons. The van der Waals surface area contributed by atoms with Gasteiger partial charge in [0.2, 0.25) is 0 Å². The lowest BCUT2D eigenvalue weighted by Crippen LogP contribution is -2.31. The summed E-state index contributed by atoms with van der Waals surface area (Å²) in [6.45, 7) is 9.63. The maximum Gasteiger partial charge on any atom is 0.330 e. The number of H-pyrrole nitrogens is 1. The Hall–Kier alpha value is -0.793. The average molecular weight is 302 g/mol. The molecular formula is C12H22N2O3SSi. The van der Waals surface area contributed by atoms with Crippen LogP contribution in [0.4, 0.5) is 0 Å². The molecule has 5 nitrogen and oxygen atoms in total. The molecule has 0 unspecified atom stereocenters. The van der Waals surface area contributed by atoms with Crippen LogP contribution in [0.1, 0.15) is 6.92 Å². The van der Waals surface area contributed by atoms with Gasteiger partial charge in [-0.25, -0.2) is 4.79 Å². The minimum absolute atomic E-state index is 0.192. The summed E-state index contributed by atoms with van der Waals surface area (Å²) in [7, 11) is -1.12. The highest BCUT2D eigenvalue weighted by Gasteiger charge is 2.12. The standard InChI is InChI=1S/C12H22N2O3SSi/c1-5-18-10-8-14(12(16)13-11(10)15)9-17-6-7-19(2,3)4/h8H,5-7,9H2,1-4H3,(H,13,15,16). The Morgan fingerprint density at radius 3 is 2.63 bits per heavy atom. The Morgan fingerprint density at radius 1 is 1.37 bits per heavy atom. The summed E-state index contributed by atoms with van der Waals surface area (Å²) in [4.78, 5) is 26.0. The van der Waals surface area contributed by atoms with Crippen LogP contribution in [0.15, 0.2) is 20.7 Å². The number of thioether (sulfide) groups is 1. The first-order chi connectivity index (χ1) is 8.83. The predicted molar refractivity (Wildman–Crippen MR) is 81.8 cm³/mol. The van der Waals surface area contributed by atoms with Gasteiger partial charge in [-0.05, 0) is 11.8 Å². The van der Waals surface area contributed by atoms with Crippen LogP contribution in [-0.2, 0) is 11.5 Å². The third-order valence-electron chi connectivity index (χ3n) is 2.50. The van der Waals surface area contributed by atoms with Gasteiger partial charge < -0.3 is 4.74 Å². The molecule has 0 saturated heterocycles. The number of nitrogens with zero attached hydrogens (tertiary/aromatic N) is 1. The van der Waals surface area contributed by atoms with Gasteiger partial charge in [0.25, 0.3) is 5.56 Å². The molecule has 1 aromatic rings. The van der Waals surface area contributed by atoms with E-state index >= 15 is 0 Å². The van der Waals surface area contributed by atoms with Gasteiger partial charge in [-0.1, -0.05) is 26.6 Å². The zero-order valence-electron chi connectivity index (χ0n) is 12.0. The van der Waals surface area contributed by atoms with Crippen molar-refractivity contribution in [3.05, 3.63) is 27.0 Å². The van der Waals surface area contributed by atoms with Crippen LogP contribution in [0.3, 0.4) is 0 Å². The molecule has 0 aliphatic carbocycles. The summed E-state index contributed by atoms with van der Waals surface area (Å²) in [5.41, 5.74) is -0.742. The second kappa shape index (κ2) is 7.11. The number of rotatable bonds is 7. The summed E-state index contributed by atoms with van der Waals surface area (Å²) in [6, 6.07) is 1.06. The van der Waals surface area contributed by atoms with Crippen LogP contribution >= 0.6 is 11.8 Å². The van der Waals surface area contributed by atoms with Crippen molar-refractivity contribution in [3.8, 4) is 0 Å². The summed E-state index contributed by atoms with van der Waals surface area (Å²) >= 11 is 1.42. The fourth-order valence-electron chi connectivity index (χ4n) is 1.38. The summed E-state index contributed by atoms with van der Waals surface area (Å²) in [5, 5.41) is 0. The summed E-state index contributed by atoms with van der Waals surface area (Å²) in [6.07, 6.45) is 1.57. The van der Waals surface area contributed by atoms with Crippen molar-refractivity contribution in [1.29, 1.82) is 0 Å². The van der Waals surface area contributed by atoms with Crippen LogP contribution in [0.25, 0.3) is 0 Å². The van der Waals surface area contributed by atoms with E-state index in [1.165, 1.54) is 16.3 Å². The highest BCUT2D eigenvalue weighted by molar-refractivity contribution is 7.99. The maximum atomic E-state index is 11.6. The fraction of sp³-hybridized carbons (Fsp3) is 0.667. The molecule has 1 heterocycles. The van der Waals surface area contributed by atoms with E-state index in [1.807, 2.05) is 6.92 Å². The van der Waals surface area contributed by atoms with Crippen molar-refractivity contribution < 1.29 is 4.74 Å². The number of hydrogen-bond donors (Lipinski definition) is 1. The van der Waals surface area contributed by atoms with Crippen LogP contribution in [0, 0.1) is 0 Å². The lowest BCUT2D eigenvalue weighted by molar-refractivity contribution is 0.0831. The Bertz CT molecular complexity index is 519. The smallest absolute Gasteiger partial charge is 0.330 e. The molecule has 19 heavy (non-hydrogen) atoms. The van der Waals surface area contributed by atoms with Crippen LogP contribution in [0.5, 0.6) is 0 Å². The highest BCUT2D eigenvalue weighted by Crippen LogP contribution is 2.10. The van der Waals surface area contributed by atoms with E-state index in [-0.39, 0.29) is 12.3 Å². The van der Waals surface area contributed by atoms with Gasteiger partial charge in [-0.2, -0.15) is 0 Å². The molecule has 0 atom stereocenters. The van der Waals surface area contributed by atoms with Crippen LogP contribution in [0.2, 0.25) is 25.7 Å². The lowest BCUT2D eigenvalue weighted by atomic mass is 10.6. The highest BCUT2D eigenvalue weighted by atomic mass is 32.2.